The van der Waals surface area contributed by atoms with Crippen LogP contribution in [-0.4, -0.2) is 42.4 Å². The lowest BCUT2D eigenvalue weighted by molar-refractivity contribution is 0.102. The van der Waals surface area contributed by atoms with Crippen molar-refractivity contribution in [3.05, 3.63) is 29.3 Å². The summed E-state index contributed by atoms with van der Waals surface area (Å²) >= 11 is 2.53. The minimum atomic E-state index is -3.32. The quantitative estimate of drug-likeness (QED) is 0.619. The molecular weight excluding hydrogens is 368 g/mol. The zero-order valence-electron chi connectivity index (χ0n) is 13.1. The van der Waals surface area contributed by atoms with Crippen molar-refractivity contribution in [2.24, 2.45) is 0 Å². The van der Waals surface area contributed by atoms with Crippen molar-refractivity contribution >= 4 is 49.7 Å². The maximum Gasteiger partial charge on any atom is 0.232 e. The van der Waals surface area contributed by atoms with E-state index in [-0.39, 0.29) is 17.6 Å². The van der Waals surface area contributed by atoms with Crippen LogP contribution in [0.4, 0.5) is 10.8 Å². The van der Waals surface area contributed by atoms with Gasteiger partial charge >= 0.3 is 0 Å². The number of anilines is 2. The Balaban J connectivity index is 1.77. The Morgan fingerprint density at radius 1 is 1.46 bits per heavy atom. The molecule has 0 unspecified atom stereocenters. The van der Waals surface area contributed by atoms with Crippen molar-refractivity contribution < 1.29 is 13.2 Å². The number of benzene rings is 1. The van der Waals surface area contributed by atoms with Gasteiger partial charge in [0.1, 0.15) is 0 Å². The SMILES string of the molecule is C[C@@H]1Cc2cc(C(=O)CSc3nnc(N)s3)ccc2N1S(C)(=O)=O. The number of nitrogens with two attached hydrogens (primary N) is 1. The van der Waals surface area contributed by atoms with Crippen LogP contribution in [0.15, 0.2) is 22.5 Å². The summed E-state index contributed by atoms with van der Waals surface area (Å²) in [7, 11) is -3.32. The summed E-state index contributed by atoms with van der Waals surface area (Å²) in [5.41, 5.74) is 7.62. The Morgan fingerprint density at radius 2 is 2.21 bits per heavy atom. The molecule has 0 aliphatic carbocycles. The second kappa shape index (κ2) is 6.34. The van der Waals surface area contributed by atoms with Crippen molar-refractivity contribution in [2.45, 2.75) is 23.7 Å². The van der Waals surface area contributed by atoms with E-state index in [1.807, 2.05) is 6.92 Å². The third-order valence-electron chi connectivity index (χ3n) is 3.66. The zero-order valence-corrected chi connectivity index (χ0v) is 15.5. The molecule has 1 aromatic heterocycles. The van der Waals surface area contributed by atoms with E-state index in [0.29, 0.717) is 27.1 Å². The Labute approximate surface area is 148 Å². The molecule has 7 nitrogen and oxygen atoms in total. The number of carbonyl (C=O) groups is 1. The molecule has 0 spiro atoms. The molecule has 128 valence electrons. The van der Waals surface area contributed by atoms with E-state index in [2.05, 4.69) is 10.2 Å². The lowest BCUT2D eigenvalue weighted by Gasteiger charge is -2.21. The minimum Gasteiger partial charge on any atom is -0.374 e. The molecule has 1 aromatic carbocycles. The molecule has 1 aliphatic heterocycles. The van der Waals surface area contributed by atoms with Gasteiger partial charge in [-0.1, -0.05) is 23.1 Å². The van der Waals surface area contributed by atoms with Crippen LogP contribution in [0.3, 0.4) is 0 Å². The van der Waals surface area contributed by atoms with Gasteiger partial charge in [-0.3, -0.25) is 9.10 Å². The molecule has 0 saturated heterocycles. The first-order valence-corrected chi connectivity index (χ1v) is 10.8. The van der Waals surface area contributed by atoms with E-state index < -0.39 is 10.0 Å². The van der Waals surface area contributed by atoms with Gasteiger partial charge in [-0.15, -0.1) is 10.2 Å². The number of ketones is 1. The molecule has 0 fully saturated rings. The number of nitrogens with zero attached hydrogens (tertiary/aromatic N) is 3. The molecule has 10 heteroatoms. The predicted octanol–water partition coefficient (Wildman–Crippen LogP) is 1.81. The van der Waals surface area contributed by atoms with Crippen LogP contribution in [0.2, 0.25) is 0 Å². The van der Waals surface area contributed by atoms with Crippen molar-refractivity contribution in [1.29, 1.82) is 0 Å². The molecule has 2 aromatic rings. The van der Waals surface area contributed by atoms with Crippen LogP contribution in [-0.2, 0) is 16.4 Å². The normalized spacial score (nSPS) is 17.1. The number of nitrogen functional groups attached to an aromatic ring is 1. The fourth-order valence-corrected chi connectivity index (χ4v) is 5.57. The van der Waals surface area contributed by atoms with Crippen molar-refractivity contribution in [1.82, 2.24) is 10.2 Å². The van der Waals surface area contributed by atoms with Gasteiger partial charge in [0.15, 0.2) is 10.1 Å². The van der Waals surface area contributed by atoms with E-state index in [4.69, 9.17) is 5.73 Å². The van der Waals surface area contributed by atoms with Crippen LogP contribution >= 0.6 is 23.1 Å². The Hall–Kier alpha value is -1.65. The lowest BCUT2D eigenvalue weighted by Crippen LogP contribution is -2.34. The summed E-state index contributed by atoms with van der Waals surface area (Å²) in [4.78, 5) is 12.4. The standard InChI is InChI=1S/C14H16N4O3S3/c1-8-5-10-6-9(3-4-11(10)18(8)24(2,20)21)12(19)7-22-14-17-16-13(15)23-14/h3-4,6,8H,5,7H2,1-2H3,(H2,15,16)/t8-/m1/s1. The number of rotatable bonds is 5. The van der Waals surface area contributed by atoms with E-state index in [1.165, 1.54) is 33.7 Å². The largest absolute Gasteiger partial charge is 0.374 e. The third kappa shape index (κ3) is 3.40. The fourth-order valence-electron chi connectivity index (χ4n) is 2.77. The highest BCUT2D eigenvalue weighted by Crippen LogP contribution is 2.35. The highest BCUT2D eigenvalue weighted by Gasteiger charge is 2.32. The summed E-state index contributed by atoms with van der Waals surface area (Å²) in [6.45, 7) is 1.86. The summed E-state index contributed by atoms with van der Waals surface area (Å²) in [6.07, 6.45) is 1.80. The smallest absolute Gasteiger partial charge is 0.232 e. The van der Waals surface area contributed by atoms with Gasteiger partial charge in [-0.25, -0.2) is 8.42 Å². The monoisotopic (exact) mass is 384 g/mol. The van der Waals surface area contributed by atoms with Crippen molar-refractivity contribution in [3.8, 4) is 0 Å². The molecule has 0 amide bonds. The third-order valence-corrected chi connectivity index (χ3v) is 6.82. The van der Waals surface area contributed by atoms with Gasteiger partial charge in [0.05, 0.1) is 17.7 Å². The van der Waals surface area contributed by atoms with Crippen molar-refractivity contribution in [2.75, 3.05) is 22.0 Å². The number of thioether (sulfide) groups is 1. The zero-order chi connectivity index (χ0) is 17.5. The molecule has 2 N–H and O–H groups in total. The number of hydrogen-bond acceptors (Lipinski definition) is 8. The Morgan fingerprint density at radius 3 is 2.83 bits per heavy atom. The molecule has 0 saturated carbocycles. The molecule has 0 bridgehead atoms. The maximum atomic E-state index is 12.4. The second-order valence-electron chi connectivity index (χ2n) is 5.57. The Bertz CT molecular complexity index is 894. The molecule has 1 atom stereocenters. The topological polar surface area (TPSA) is 106 Å². The molecule has 24 heavy (non-hydrogen) atoms. The number of Topliss-reactive ketones (excluding diaryl/α,β-unsaturated/α-hetero) is 1. The number of carbonyl (C=O) groups excluding carboxylic acids is 1. The first kappa shape index (κ1) is 17.2. The average molecular weight is 385 g/mol. The summed E-state index contributed by atoms with van der Waals surface area (Å²) < 4.78 is 25.9. The Kier molecular flexibility index (Phi) is 4.54. The maximum absolute atomic E-state index is 12.4. The summed E-state index contributed by atoms with van der Waals surface area (Å²) in [5, 5.41) is 7.95. The summed E-state index contributed by atoms with van der Waals surface area (Å²) in [6, 6.07) is 5.03. The average Bonchev–Trinajstić information content (AvgIpc) is 3.05. The molecule has 1 aliphatic rings. The van der Waals surface area contributed by atoms with Crippen LogP contribution < -0.4 is 10.0 Å². The van der Waals surface area contributed by atoms with Crippen molar-refractivity contribution in [3.63, 3.8) is 0 Å². The minimum absolute atomic E-state index is 0.0398. The van der Waals surface area contributed by atoms with Gasteiger partial charge in [0.25, 0.3) is 0 Å². The van der Waals surface area contributed by atoms with Gasteiger partial charge in [-0.05, 0) is 37.1 Å². The first-order chi connectivity index (χ1) is 11.3. The first-order valence-electron chi connectivity index (χ1n) is 7.13. The van der Waals surface area contributed by atoms with Crippen LogP contribution in [0.1, 0.15) is 22.8 Å². The van der Waals surface area contributed by atoms with Gasteiger partial charge in [0.2, 0.25) is 15.2 Å². The van der Waals surface area contributed by atoms with E-state index >= 15 is 0 Å². The van der Waals surface area contributed by atoms with Gasteiger partial charge in [-0.2, -0.15) is 0 Å². The number of sulfonamides is 1. The highest BCUT2D eigenvalue weighted by molar-refractivity contribution is 8.01. The van der Waals surface area contributed by atoms with Crippen LogP contribution in [0, 0.1) is 0 Å². The van der Waals surface area contributed by atoms with Gasteiger partial charge < -0.3 is 5.73 Å². The summed E-state index contributed by atoms with van der Waals surface area (Å²) in [5.74, 6) is 0.195. The van der Waals surface area contributed by atoms with Crippen LogP contribution in [0.25, 0.3) is 0 Å². The number of aromatic nitrogens is 2. The molecule has 2 heterocycles. The van der Waals surface area contributed by atoms with E-state index in [9.17, 15) is 13.2 Å². The fraction of sp³-hybridized carbons (Fsp3) is 0.357. The number of hydrogen-bond donors (Lipinski definition) is 1. The second-order valence-corrected chi connectivity index (χ2v) is 9.66. The van der Waals surface area contributed by atoms with Gasteiger partial charge in [0, 0.05) is 11.6 Å². The van der Waals surface area contributed by atoms with Crippen LogP contribution in [0.5, 0.6) is 0 Å². The lowest BCUT2D eigenvalue weighted by atomic mass is 10.0. The molecule has 3 rings (SSSR count). The van der Waals surface area contributed by atoms with E-state index in [0.717, 1.165) is 5.56 Å². The molecule has 0 radical (unpaired) electrons. The predicted molar refractivity (Wildman–Crippen MR) is 96.3 cm³/mol. The molecular formula is C14H16N4O3S3. The van der Waals surface area contributed by atoms with E-state index in [1.54, 1.807) is 18.2 Å². The number of fused-ring (bicyclic) bond motifs is 1. The highest BCUT2D eigenvalue weighted by atomic mass is 32.2.